The highest BCUT2D eigenvalue weighted by Gasteiger charge is 2.38. The normalized spacial score (nSPS) is 22.9. The van der Waals surface area contributed by atoms with Gasteiger partial charge in [-0.15, -0.1) is 5.10 Å². The van der Waals surface area contributed by atoms with Crippen LogP contribution in [0.3, 0.4) is 0 Å². The van der Waals surface area contributed by atoms with Gasteiger partial charge in [0.2, 0.25) is 5.91 Å². The van der Waals surface area contributed by atoms with Crippen molar-refractivity contribution < 1.29 is 9.59 Å². The molecular formula is C30H35N7O2. The van der Waals surface area contributed by atoms with Gasteiger partial charge in [0.25, 0.3) is 5.91 Å². The third-order valence-electron chi connectivity index (χ3n) is 8.04. The van der Waals surface area contributed by atoms with Gasteiger partial charge in [0.1, 0.15) is 12.1 Å². The largest absolute Gasteiger partial charge is 0.341 e. The fraction of sp³-hybridized carbons (Fsp3) is 0.467. The van der Waals surface area contributed by atoms with Gasteiger partial charge < -0.3 is 15.5 Å². The van der Waals surface area contributed by atoms with Crippen LogP contribution in [0, 0.1) is 24.2 Å². The van der Waals surface area contributed by atoms with Crippen LogP contribution in [0.5, 0.6) is 0 Å². The van der Waals surface area contributed by atoms with Gasteiger partial charge in [-0.1, -0.05) is 29.8 Å². The topological polar surface area (TPSA) is 122 Å². The summed E-state index contributed by atoms with van der Waals surface area (Å²) in [6, 6.07) is 17.1. The molecule has 2 aromatic rings. The molecule has 2 aliphatic heterocycles. The average molecular weight is 526 g/mol. The number of carbonyl (C=O) groups excluding carboxylic acids is 2. The van der Waals surface area contributed by atoms with Crippen LogP contribution in [0.4, 0.5) is 0 Å². The zero-order valence-electron chi connectivity index (χ0n) is 22.3. The predicted octanol–water partition coefficient (Wildman–Crippen LogP) is 3.95. The van der Waals surface area contributed by atoms with E-state index >= 15 is 0 Å². The van der Waals surface area contributed by atoms with Crippen molar-refractivity contribution in [3.8, 4) is 6.07 Å². The second-order valence-corrected chi connectivity index (χ2v) is 10.8. The highest BCUT2D eigenvalue weighted by atomic mass is 16.2. The van der Waals surface area contributed by atoms with Gasteiger partial charge in [0.05, 0.1) is 17.8 Å². The van der Waals surface area contributed by atoms with Crippen LogP contribution in [0.1, 0.15) is 65.1 Å². The molecule has 0 spiro atoms. The van der Waals surface area contributed by atoms with E-state index in [1.54, 1.807) is 30.5 Å². The van der Waals surface area contributed by atoms with Crippen LogP contribution in [0.25, 0.3) is 0 Å². The SMILES string of the molecule is Cc1ccc([C@@H]2C[C@H]2NCCC[C@H](NC(=O)c2ccc(C#N)cc2)C(=O)N2CCC(C3C=NN=N3)CC2)cc1. The number of hydrogen-bond acceptors (Lipinski definition) is 7. The number of rotatable bonds is 10. The summed E-state index contributed by atoms with van der Waals surface area (Å²) in [4.78, 5) is 28.5. The first-order chi connectivity index (χ1) is 19.0. The van der Waals surface area contributed by atoms with Crippen molar-refractivity contribution in [1.29, 1.82) is 5.26 Å². The molecule has 0 bridgehead atoms. The van der Waals surface area contributed by atoms with Gasteiger partial charge in [-0.25, -0.2) is 0 Å². The minimum absolute atomic E-state index is 0.00590. The van der Waals surface area contributed by atoms with Crippen molar-refractivity contribution in [2.75, 3.05) is 19.6 Å². The van der Waals surface area contributed by atoms with Crippen LogP contribution in [-0.2, 0) is 4.79 Å². The Morgan fingerprint density at radius 2 is 1.85 bits per heavy atom. The first-order valence-corrected chi connectivity index (χ1v) is 13.8. The molecule has 0 aromatic heterocycles. The maximum absolute atomic E-state index is 13.6. The number of benzene rings is 2. The lowest BCUT2D eigenvalue weighted by molar-refractivity contribution is -0.134. The lowest BCUT2D eigenvalue weighted by Crippen LogP contribution is -2.51. The molecule has 2 heterocycles. The average Bonchev–Trinajstić information content (AvgIpc) is 3.53. The first-order valence-electron chi connectivity index (χ1n) is 13.8. The van der Waals surface area contributed by atoms with E-state index in [4.69, 9.17) is 5.26 Å². The molecule has 202 valence electrons. The third kappa shape index (κ3) is 6.76. The van der Waals surface area contributed by atoms with E-state index in [0.717, 1.165) is 32.2 Å². The molecule has 9 heteroatoms. The Morgan fingerprint density at radius 1 is 1.10 bits per heavy atom. The van der Waals surface area contributed by atoms with Gasteiger partial charge >= 0.3 is 0 Å². The zero-order chi connectivity index (χ0) is 27.2. The van der Waals surface area contributed by atoms with Crippen molar-refractivity contribution in [3.63, 3.8) is 0 Å². The number of amides is 2. The monoisotopic (exact) mass is 525 g/mol. The van der Waals surface area contributed by atoms with Crippen molar-refractivity contribution in [1.82, 2.24) is 15.5 Å². The van der Waals surface area contributed by atoms with Crippen molar-refractivity contribution in [3.05, 3.63) is 70.8 Å². The van der Waals surface area contributed by atoms with Crippen LogP contribution < -0.4 is 10.6 Å². The van der Waals surface area contributed by atoms with Gasteiger partial charge in [0, 0.05) is 30.6 Å². The molecule has 5 rings (SSSR count). The molecule has 1 saturated heterocycles. The van der Waals surface area contributed by atoms with Gasteiger partial charge in [-0.2, -0.15) is 10.4 Å². The fourth-order valence-corrected chi connectivity index (χ4v) is 5.51. The van der Waals surface area contributed by atoms with Crippen LogP contribution in [-0.4, -0.2) is 60.7 Å². The van der Waals surface area contributed by atoms with Gasteiger partial charge in [0.15, 0.2) is 0 Å². The molecule has 3 aliphatic rings. The quantitative estimate of drug-likeness (QED) is 0.456. The van der Waals surface area contributed by atoms with Crippen molar-refractivity contribution in [2.45, 2.75) is 63.1 Å². The Kier molecular flexibility index (Phi) is 8.42. The molecule has 9 nitrogen and oxygen atoms in total. The van der Waals surface area contributed by atoms with E-state index in [1.807, 2.05) is 4.90 Å². The molecular weight excluding hydrogens is 490 g/mol. The Balaban J connectivity index is 1.15. The summed E-state index contributed by atoms with van der Waals surface area (Å²) in [5, 5.41) is 27.4. The maximum Gasteiger partial charge on any atom is 0.251 e. The van der Waals surface area contributed by atoms with Crippen LogP contribution >= 0.6 is 0 Å². The number of piperidine rings is 1. The van der Waals surface area contributed by atoms with E-state index in [2.05, 4.69) is 63.3 Å². The molecule has 4 atom stereocenters. The number of aryl methyl sites for hydroxylation is 1. The number of nitrogens with zero attached hydrogens (tertiary/aromatic N) is 5. The molecule has 0 radical (unpaired) electrons. The van der Waals surface area contributed by atoms with Crippen molar-refractivity contribution >= 4 is 18.0 Å². The van der Waals surface area contributed by atoms with E-state index < -0.39 is 6.04 Å². The zero-order valence-corrected chi connectivity index (χ0v) is 22.3. The molecule has 2 N–H and O–H groups in total. The Hall–Kier alpha value is -3.90. The van der Waals surface area contributed by atoms with Gasteiger partial charge in [-0.3, -0.25) is 9.59 Å². The minimum Gasteiger partial charge on any atom is -0.341 e. The molecule has 1 unspecified atom stereocenters. The summed E-state index contributed by atoms with van der Waals surface area (Å²) in [5.74, 6) is 0.538. The Morgan fingerprint density at radius 3 is 2.51 bits per heavy atom. The molecule has 1 aliphatic carbocycles. The Bertz CT molecular complexity index is 1250. The highest BCUT2D eigenvalue weighted by molar-refractivity contribution is 5.97. The highest BCUT2D eigenvalue weighted by Crippen LogP contribution is 2.40. The summed E-state index contributed by atoms with van der Waals surface area (Å²) in [5.41, 5.74) is 3.57. The summed E-state index contributed by atoms with van der Waals surface area (Å²) < 4.78 is 0. The van der Waals surface area contributed by atoms with Crippen LogP contribution in [0.2, 0.25) is 0 Å². The number of carbonyl (C=O) groups is 2. The number of nitrogens with one attached hydrogen (secondary N) is 2. The first kappa shape index (κ1) is 26.7. The van der Waals surface area contributed by atoms with Crippen LogP contribution in [0.15, 0.2) is 64.0 Å². The lowest BCUT2D eigenvalue weighted by atomic mass is 9.90. The minimum atomic E-state index is -0.605. The van der Waals surface area contributed by atoms with Gasteiger partial charge in [-0.05, 0) is 86.5 Å². The summed E-state index contributed by atoms with van der Waals surface area (Å²) in [7, 11) is 0. The number of nitriles is 1. The maximum atomic E-state index is 13.6. The molecule has 2 fully saturated rings. The van der Waals surface area contributed by atoms with E-state index in [0.29, 0.717) is 48.5 Å². The summed E-state index contributed by atoms with van der Waals surface area (Å²) in [6.45, 7) is 4.15. The smallest absolute Gasteiger partial charge is 0.251 e. The molecule has 1 saturated carbocycles. The number of likely N-dealkylation sites (tertiary alicyclic amines) is 1. The standard InChI is InChI=1S/C30H35N7O2/c1-20-4-8-22(9-5-20)25-17-27(25)32-14-2-3-26(34-29(38)24-10-6-21(18-31)7-11-24)30(39)37-15-12-23(13-16-37)28-19-33-36-35-28/h4-11,19,23,25-28,32H,2-3,12-17H2,1H3,(H,34,38)/t25-,26-,27+,28?/m0/s1. The Labute approximate surface area is 229 Å². The van der Waals surface area contributed by atoms with Crippen molar-refractivity contribution in [2.24, 2.45) is 21.4 Å². The second-order valence-electron chi connectivity index (χ2n) is 10.8. The summed E-state index contributed by atoms with van der Waals surface area (Å²) in [6.07, 6.45) is 5.90. The summed E-state index contributed by atoms with van der Waals surface area (Å²) >= 11 is 0. The van der Waals surface area contributed by atoms with E-state index in [1.165, 1.54) is 11.1 Å². The van der Waals surface area contributed by atoms with E-state index in [-0.39, 0.29) is 17.9 Å². The lowest BCUT2D eigenvalue weighted by Gasteiger charge is -2.35. The fourth-order valence-electron chi connectivity index (χ4n) is 5.51. The predicted molar refractivity (Wildman–Crippen MR) is 148 cm³/mol. The molecule has 2 aromatic carbocycles. The van der Waals surface area contributed by atoms with E-state index in [9.17, 15) is 9.59 Å². The number of hydrogen-bond donors (Lipinski definition) is 2. The second kappa shape index (κ2) is 12.3. The third-order valence-corrected chi connectivity index (χ3v) is 8.04. The molecule has 2 amide bonds. The molecule has 39 heavy (non-hydrogen) atoms.